The second kappa shape index (κ2) is 3.91. The van der Waals surface area contributed by atoms with Crippen molar-refractivity contribution in [1.82, 2.24) is 14.9 Å². The van der Waals surface area contributed by atoms with Crippen molar-refractivity contribution < 1.29 is 0 Å². The van der Waals surface area contributed by atoms with Gasteiger partial charge in [-0.15, -0.1) is 0 Å². The third-order valence-corrected chi connectivity index (χ3v) is 3.16. The van der Waals surface area contributed by atoms with Crippen molar-refractivity contribution in [2.45, 2.75) is 32.4 Å². The van der Waals surface area contributed by atoms with Gasteiger partial charge in [0.2, 0.25) is 0 Å². The minimum Gasteiger partial charge on any atom is -0.327 e. The van der Waals surface area contributed by atoms with Crippen LogP contribution >= 0.6 is 0 Å². The van der Waals surface area contributed by atoms with E-state index in [1.807, 2.05) is 6.33 Å². The standard InChI is InChI=1S/C13H17N3/c1-2-14-8-10-3-6-13-12(7-10)15-9-16(13)11-4-5-11/h3,6-7,9,11,14H,2,4-5,8H2,1H3. The van der Waals surface area contributed by atoms with Crippen LogP contribution in [-0.2, 0) is 6.54 Å². The van der Waals surface area contributed by atoms with Crippen molar-refractivity contribution in [1.29, 1.82) is 0 Å². The molecule has 2 aromatic rings. The van der Waals surface area contributed by atoms with Crippen LogP contribution in [0.15, 0.2) is 24.5 Å². The highest BCUT2D eigenvalue weighted by Gasteiger charge is 2.24. The van der Waals surface area contributed by atoms with E-state index in [-0.39, 0.29) is 0 Å². The van der Waals surface area contributed by atoms with E-state index in [0.29, 0.717) is 6.04 Å². The Morgan fingerprint density at radius 2 is 2.31 bits per heavy atom. The number of nitrogens with one attached hydrogen (secondary N) is 1. The third-order valence-electron chi connectivity index (χ3n) is 3.16. The highest BCUT2D eigenvalue weighted by atomic mass is 15.1. The normalized spacial score (nSPS) is 15.8. The summed E-state index contributed by atoms with van der Waals surface area (Å²) in [4.78, 5) is 4.48. The number of benzene rings is 1. The molecule has 0 amide bonds. The fourth-order valence-corrected chi connectivity index (χ4v) is 2.10. The first kappa shape index (κ1) is 9.85. The predicted octanol–water partition coefficient (Wildman–Crippen LogP) is 2.48. The summed E-state index contributed by atoms with van der Waals surface area (Å²) < 4.78 is 2.31. The van der Waals surface area contributed by atoms with E-state index in [0.717, 1.165) is 18.6 Å². The number of imidazole rings is 1. The molecule has 3 nitrogen and oxygen atoms in total. The summed E-state index contributed by atoms with van der Waals surface area (Å²) in [5, 5.41) is 3.34. The minimum absolute atomic E-state index is 0.713. The SMILES string of the molecule is CCNCc1ccc2c(c1)ncn2C1CC1. The summed E-state index contributed by atoms with van der Waals surface area (Å²) >= 11 is 0. The van der Waals surface area contributed by atoms with Crippen LogP contribution in [0.3, 0.4) is 0 Å². The van der Waals surface area contributed by atoms with Crippen LogP contribution in [0.1, 0.15) is 31.4 Å². The highest BCUT2D eigenvalue weighted by molar-refractivity contribution is 5.76. The van der Waals surface area contributed by atoms with Crippen molar-refractivity contribution in [3.63, 3.8) is 0 Å². The number of aromatic nitrogens is 2. The lowest BCUT2D eigenvalue weighted by atomic mass is 10.2. The Morgan fingerprint density at radius 1 is 1.44 bits per heavy atom. The predicted molar refractivity (Wildman–Crippen MR) is 65.4 cm³/mol. The van der Waals surface area contributed by atoms with Crippen LogP contribution < -0.4 is 5.32 Å². The molecule has 0 bridgehead atoms. The van der Waals surface area contributed by atoms with Crippen LogP contribution in [0.5, 0.6) is 0 Å². The molecule has 1 aliphatic rings. The highest BCUT2D eigenvalue weighted by Crippen LogP contribution is 2.37. The van der Waals surface area contributed by atoms with E-state index in [4.69, 9.17) is 0 Å². The monoisotopic (exact) mass is 215 g/mol. The van der Waals surface area contributed by atoms with Gasteiger partial charge in [-0.1, -0.05) is 13.0 Å². The first-order valence-electron chi connectivity index (χ1n) is 6.04. The van der Waals surface area contributed by atoms with Gasteiger partial charge in [0.15, 0.2) is 0 Å². The van der Waals surface area contributed by atoms with Crippen molar-refractivity contribution >= 4 is 11.0 Å². The van der Waals surface area contributed by atoms with Gasteiger partial charge in [-0.05, 0) is 37.1 Å². The summed E-state index contributed by atoms with van der Waals surface area (Å²) in [6.07, 6.45) is 4.61. The summed E-state index contributed by atoms with van der Waals surface area (Å²) in [6.45, 7) is 4.07. The molecule has 1 fully saturated rings. The zero-order valence-electron chi connectivity index (χ0n) is 9.61. The van der Waals surface area contributed by atoms with Gasteiger partial charge in [-0.25, -0.2) is 4.98 Å². The fourth-order valence-electron chi connectivity index (χ4n) is 2.10. The smallest absolute Gasteiger partial charge is 0.0960 e. The van der Waals surface area contributed by atoms with Crippen LogP contribution in [-0.4, -0.2) is 16.1 Å². The van der Waals surface area contributed by atoms with Gasteiger partial charge in [-0.3, -0.25) is 0 Å². The summed E-state index contributed by atoms with van der Waals surface area (Å²) in [5.41, 5.74) is 3.72. The maximum Gasteiger partial charge on any atom is 0.0960 e. The molecule has 1 aromatic carbocycles. The average Bonchev–Trinajstić information content (AvgIpc) is 3.07. The van der Waals surface area contributed by atoms with E-state index in [1.54, 1.807) is 0 Å². The largest absolute Gasteiger partial charge is 0.327 e. The minimum atomic E-state index is 0.713. The molecule has 1 N–H and O–H groups in total. The second-order valence-electron chi connectivity index (χ2n) is 4.49. The van der Waals surface area contributed by atoms with Crippen molar-refractivity contribution in [2.24, 2.45) is 0 Å². The quantitative estimate of drug-likeness (QED) is 0.849. The summed E-state index contributed by atoms with van der Waals surface area (Å²) in [6, 6.07) is 7.31. The van der Waals surface area contributed by atoms with E-state index in [9.17, 15) is 0 Å². The zero-order valence-corrected chi connectivity index (χ0v) is 9.61. The number of nitrogens with zero attached hydrogens (tertiary/aromatic N) is 2. The summed E-state index contributed by atoms with van der Waals surface area (Å²) in [7, 11) is 0. The van der Waals surface area contributed by atoms with Crippen LogP contribution in [0.2, 0.25) is 0 Å². The maximum atomic E-state index is 4.48. The molecular weight excluding hydrogens is 198 g/mol. The van der Waals surface area contributed by atoms with Gasteiger partial charge in [-0.2, -0.15) is 0 Å². The molecule has 16 heavy (non-hydrogen) atoms. The lowest BCUT2D eigenvalue weighted by molar-refractivity contribution is 0.727. The number of hydrogen-bond acceptors (Lipinski definition) is 2. The molecule has 1 aliphatic carbocycles. The second-order valence-corrected chi connectivity index (χ2v) is 4.49. The zero-order chi connectivity index (χ0) is 11.0. The molecule has 0 spiro atoms. The first-order chi connectivity index (χ1) is 7.88. The number of rotatable bonds is 4. The Kier molecular flexibility index (Phi) is 2.40. The van der Waals surface area contributed by atoms with Gasteiger partial charge in [0.05, 0.1) is 17.4 Å². The van der Waals surface area contributed by atoms with Crippen molar-refractivity contribution in [3.8, 4) is 0 Å². The molecule has 0 radical (unpaired) electrons. The molecule has 1 aromatic heterocycles. The fraction of sp³-hybridized carbons (Fsp3) is 0.462. The van der Waals surface area contributed by atoms with Gasteiger partial charge in [0, 0.05) is 12.6 Å². The molecule has 0 aliphatic heterocycles. The van der Waals surface area contributed by atoms with Crippen molar-refractivity contribution in [2.75, 3.05) is 6.54 Å². The first-order valence-corrected chi connectivity index (χ1v) is 6.04. The Hall–Kier alpha value is -1.35. The van der Waals surface area contributed by atoms with E-state index >= 15 is 0 Å². The Labute approximate surface area is 95.5 Å². The van der Waals surface area contributed by atoms with Crippen LogP contribution in [0, 0.1) is 0 Å². The van der Waals surface area contributed by atoms with Crippen molar-refractivity contribution in [3.05, 3.63) is 30.1 Å². The molecular formula is C13H17N3. The van der Waals surface area contributed by atoms with Gasteiger partial charge in [0.25, 0.3) is 0 Å². The lowest BCUT2D eigenvalue weighted by Crippen LogP contribution is -2.11. The molecule has 3 heteroatoms. The molecule has 0 atom stereocenters. The molecule has 3 rings (SSSR count). The van der Waals surface area contributed by atoms with E-state index in [2.05, 4.69) is 40.0 Å². The van der Waals surface area contributed by atoms with Crippen LogP contribution in [0.4, 0.5) is 0 Å². The molecule has 84 valence electrons. The Balaban J connectivity index is 1.93. The Morgan fingerprint density at radius 3 is 3.06 bits per heavy atom. The van der Waals surface area contributed by atoms with Crippen LogP contribution in [0.25, 0.3) is 11.0 Å². The molecule has 0 saturated heterocycles. The lowest BCUT2D eigenvalue weighted by Gasteiger charge is -2.03. The molecule has 1 heterocycles. The topological polar surface area (TPSA) is 29.9 Å². The Bertz CT molecular complexity index is 497. The maximum absolute atomic E-state index is 4.48. The van der Waals surface area contributed by atoms with E-state index < -0.39 is 0 Å². The average molecular weight is 215 g/mol. The summed E-state index contributed by atoms with van der Waals surface area (Å²) in [5.74, 6) is 0. The molecule has 1 saturated carbocycles. The number of fused-ring (bicyclic) bond motifs is 1. The van der Waals surface area contributed by atoms with E-state index in [1.165, 1.54) is 23.9 Å². The number of hydrogen-bond donors (Lipinski definition) is 1. The molecule has 0 unspecified atom stereocenters. The third kappa shape index (κ3) is 1.71. The van der Waals surface area contributed by atoms with Gasteiger partial charge < -0.3 is 9.88 Å². The van der Waals surface area contributed by atoms with Gasteiger partial charge in [0.1, 0.15) is 0 Å². The van der Waals surface area contributed by atoms with Gasteiger partial charge >= 0.3 is 0 Å².